The molecule has 3 nitrogen and oxygen atoms in total. The Labute approximate surface area is 106 Å². The lowest BCUT2D eigenvalue weighted by Gasteiger charge is -2.15. The molecule has 2 heterocycles. The first-order chi connectivity index (χ1) is 8.05. The van der Waals surface area contributed by atoms with Crippen molar-refractivity contribution in [2.24, 2.45) is 0 Å². The van der Waals surface area contributed by atoms with Crippen molar-refractivity contribution in [1.82, 2.24) is 10.5 Å². The number of rotatable bonds is 4. The highest BCUT2D eigenvalue weighted by Crippen LogP contribution is 2.29. The Bertz CT molecular complexity index is 454. The highest BCUT2D eigenvalue weighted by Gasteiger charge is 2.15. The summed E-state index contributed by atoms with van der Waals surface area (Å²) >= 11 is 1.87. The van der Waals surface area contributed by atoms with Crippen molar-refractivity contribution in [3.63, 3.8) is 0 Å². The average Bonchev–Trinajstić information content (AvgIpc) is 2.86. The smallest absolute Gasteiger partial charge is 0.124 e. The van der Waals surface area contributed by atoms with Crippen molar-refractivity contribution < 1.29 is 4.52 Å². The van der Waals surface area contributed by atoms with Crippen LogP contribution in [-0.4, -0.2) is 5.16 Å². The van der Waals surface area contributed by atoms with Crippen LogP contribution in [0.5, 0.6) is 0 Å². The Kier molecular flexibility index (Phi) is 3.64. The highest BCUT2D eigenvalue weighted by atomic mass is 32.1. The van der Waals surface area contributed by atoms with Gasteiger partial charge in [-0.2, -0.15) is 0 Å². The van der Waals surface area contributed by atoms with E-state index in [1.165, 1.54) is 9.75 Å². The van der Waals surface area contributed by atoms with Crippen LogP contribution in [0.2, 0.25) is 0 Å². The van der Waals surface area contributed by atoms with Crippen molar-refractivity contribution in [3.8, 4) is 0 Å². The Morgan fingerprint density at radius 3 is 2.65 bits per heavy atom. The molecule has 0 unspecified atom stereocenters. The lowest BCUT2D eigenvalue weighted by molar-refractivity contribution is 0.408. The zero-order valence-corrected chi connectivity index (χ0v) is 11.3. The van der Waals surface area contributed by atoms with E-state index < -0.39 is 0 Å². The monoisotopic (exact) mass is 250 g/mol. The molecule has 0 saturated carbocycles. The van der Waals surface area contributed by atoms with Crippen LogP contribution in [0.15, 0.2) is 29.0 Å². The van der Waals surface area contributed by atoms with Crippen molar-refractivity contribution >= 4 is 11.3 Å². The third kappa shape index (κ3) is 3.41. The minimum atomic E-state index is 0.245. The van der Waals surface area contributed by atoms with Gasteiger partial charge in [0.2, 0.25) is 0 Å². The summed E-state index contributed by atoms with van der Waals surface area (Å²) in [6, 6.07) is 6.29. The molecule has 0 aromatic carbocycles. The summed E-state index contributed by atoms with van der Waals surface area (Å²) in [6.07, 6.45) is 1.60. The molecule has 0 aliphatic carbocycles. The molecule has 0 bridgehead atoms. The summed E-state index contributed by atoms with van der Waals surface area (Å²) in [6.45, 7) is 8.36. The zero-order chi connectivity index (χ0) is 12.3. The maximum Gasteiger partial charge on any atom is 0.124 e. The Morgan fingerprint density at radius 1 is 1.24 bits per heavy atom. The Hall–Kier alpha value is -1.13. The number of hydrogen-bond acceptors (Lipinski definition) is 4. The van der Waals surface area contributed by atoms with Crippen LogP contribution in [0.4, 0.5) is 0 Å². The maximum absolute atomic E-state index is 4.78. The van der Waals surface area contributed by atoms with Gasteiger partial charge in [0, 0.05) is 28.9 Å². The summed E-state index contributed by atoms with van der Waals surface area (Å²) in [4.78, 5) is 2.79. The summed E-state index contributed by atoms with van der Waals surface area (Å²) in [5.41, 5.74) is 1.19. The topological polar surface area (TPSA) is 38.1 Å². The van der Waals surface area contributed by atoms with Gasteiger partial charge in [-0.1, -0.05) is 25.9 Å². The van der Waals surface area contributed by atoms with E-state index in [0.717, 1.165) is 18.8 Å². The largest absolute Gasteiger partial charge is 0.364 e. The fraction of sp³-hybridized carbons (Fsp3) is 0.462. The van der Waals surface area contributed by atoms with Crippen molar-refractivity contribution in [2.45, 2.75) is 39.3 Å². The molecule has 0 spiro atoms. The van der Waals surface area contributed by atoms with Gasteiger partial charge in [0.05, 0.1) is 5.69 Å². The molecule has 0 fully saturated rings. The minimum Gasteiger partial charge on any atom is -0.364 e. The van der Waals surface area contributed by atoms with Crippen LogP contribution in [0.3, 0.4) is 0 Å². The van der Waals surface area contributed by atoms with Gasteiger partial charge in [-0.15, -0.1) is 11.3 Å². The lowest BCUT2D eigenvalue weighted by atomic mass is 9.95. The quantitative estimate of drug-likeness (QED) is 0.904. The number of nitrogens with zero attached hydrogens (tertiary/aromatic N) is 1. The maximum atomic E-state index is 4.78. The van der Waals surface area contributed by atoms with E-state index in [1.54, 1.807) is 6.26 Å². The van der Waals surface area contributed by atoms with Gasteiger partial charge in [0.15, 0.2) is 0 Å². The predicted molar refractivity (Wildman–Crippen MR) is 70.1 cm³/mol. The van der Waals surface area contributed by atoms with E-state index in [-0.39, 0.29) is 5.41 Å². The first-order valence-electron chi connectivity index (χ1n) is 5.75. The summed E-state index contributed by atoms with van der Waals surface area (Å²) in [5, 5.41) is 7.21. The molecular weight excluding hydrogens is 232 g/mol. The normalized spacial score (nSPS) is 11.9. The van der Waals surface area contributed by atoms with E-state index >= 15 is 0 Å². The molecule has 2 aromatic heterocycles. The van der Waals surface area contributed by atoms with Crippen LogP contribution < -0.4 is 5.32 Å². The third-order valence-corrected chi connectivity index (χ3v) is 4.01. The van der Waals surface area contributed by atoms with Crippen LogP contribution >= 0.6 is 11.3 Å². The molecule has 2 aromatic rings. The molecule has 1 N–H and O–H groups in total. The van der Waals surface area contributed by atoms with E-state index in [4.69, 9.17) is 4.52 Å². The number of thiophene rings is 1. The number of aromatic nitrogens is 1. The van der Waals surface area contributed by atoms with Crippen molar-refractivity contribution in [1.29, 1.82) is 0 Å². The minimum absolute atomic E-state index is 0.245. The fourth-order valence-electron chi connectivity index (χ4n) is 1.52. The molecule has 92 valence electrons. The molecule has 4 heteroatoms. The van der Waals surface area contributed by atoms with Crippen molar-refractivity contribution in [2.75, 3.05) is 0 Å². The average molecular weight is 250 g/mol. The van der Waals surface area contributed by atoms with Crippen molar-refractivity contribution in [3.05, 3.63) is 39.9 Å². The number of hydrogen-bond donors (Lipinski definition) is 1. The van der Waals surface area contributed by atoms with Crippen LogP contribution in [-0.2, 0) is 18.5 Å². The second-order valence-corrected chi connectivity index (χ2v) is 6.28. The van der Waals surface area contributed by atoms with Gasteiger partial charge in [-0.05, 0) is 17.5 Å². The highest BCUT2D eigenvalue weighted by molar-refractivity contribution is 7.12. The Morgan fingerprint density at radius 2 is 2.06 bits per heavy atom. The second kappa shape index (κ2) is 5.02. The lowest BCUT2D eigenvalue weighted by Crippen LogP contribution is -2.12. The van der Waals surface area contributed by atoms with Gasteiger partial charge in [0.25, 0.3) is 0 Å². The molecular formula is C13H18N2OS. The van der Waals surface area contributed by atoms with E-state index in [2.05, 4.69) is 43.4 Å². The van der Waals surface area contributed by atoms with E-state index in [1.807, 2.05) is 17.4 Å². The molecule has 0 aliphatic rings. The van der Waals surface area contributed by atoms with Gasteiger partial charge in [-0.3, -0.25) is 0 Å². The first-order valence-corrected chi connectivity index (χ1v) is 6.56. The van der Waals surface area contributed by atoms with E-state index in [0.29, 0.717) is 0 Å². The van der Waals surface area contributed by atoms with Crippen LogP contribution in [0.25, 0.3) is 0 Å². The summed E-state index contributed by atoms with van der Waals surface area (Å²) < 4.78 is 4.78. The molecule has 17 heavy (non-hydrogen) atoms. The fourth-order valence-corrected chi connectivity index (χ4v) is 2.55. The predicted octanol–water partition coefficient (Wildman–Crippen LogP) is 3.32. The second-order valence-electron chi connectivity index (χ2n) is 5.11. The molecule has 2 rings (SSSR count). The van der Waals surface area contributed by atoms with Crippen LogP contribution in [0.1, 0.15) is 36.2 Å². The van der Waals surface area contributed by atoms with Gasteiger partial charge in [0.1, 0.15) is 6.26 Å². The van der Waals surface area contributed by atoms with Gasteiger partial charge >= 0.3 is 0 Å². The van der Waals surface area contributed by atoms with Crippen LogP contribution in [0, 0.1) is 0 Å². The van der Waals surface area contributed by atoms with E-state index in [9.17, 15) is 0 Å². The molecule has 0 atom stereocenters. The zero-order valence-electron chi connectivity index (χ0n) is 10.5. The molecule has 0 radical (unpaired) electrons. The molecule has 0 amide bonds. The Balaban J connectivity index is 1.85. The summed E-state index contributed by atoms with van der Waals surface area (Å²) in [5.74, 6) is 0. The molecule has 0 aliphatic heterocycles. The third-order valence-electron chi connectivity index (χ3n) is 2.50. The van der Waals surface area contributed by atoms with Gasteiger partial charge in [-0.25, -0.2) is 0 Å². The molecule has 0 saturated heterocycles. The first kappa shape index (κ1) is 12.3. The standard InChI is InChI=1S/C13H18N2OS/c1-13(2,3)12-5-4-11(17-12)9-14-8-10-6-7-16-15-10/h4-7,14H,8-9H2,1-3H3. The number of nitrogens with one attached hydrogen (secondary N) is 1. The SMILES string of the molecule is CC(C)(C)c1ccc(CNCc2ccon2)s1. The summed E-state index contributed by atoms with van der Waals surface area (Å²) in [7, 11) is 0. The van der Waals surface area contributed by atoms with Gasteiger partial charge < -0.3 is 9.84 Å².